The molecule has 1 heterocycles. The van der Waals surface area contributed by atoms with Gasteiger partial charge in [-0.1, -0.05) is 24.3 Å². The molecule has 7 nitrogen and oxygen atoms in total. The van der Waals surface area contributed by atoms with E-state index in [-0.39, 0.29) is 5.54 Å². The third kappa shape index (κ3) is 5.50. The number of anilines is 2. The number of rotatable bonds is 7. The molecule has 0 fully saturated rings. The molecular weight excluding hydrogens is 466 g/mol. The zero-order valence-corrected chi connectivity index (χ0v) is 22.6. The van der Waals surface area contributed by atoms with E-state index in [1.807, 2.05) is 30.3 Å². The zero-order valence-electron chi connectivity index (χ0n) is 22.6. The molecule has 1 amide bonds. The number of amides is 1. The maximum absolute atomic E-state index is 12.1. The van der Waals surface area contributed by atoms with Gasteiger partial charge in [0.15, 0.2) is 0 Å². The molecule has 0 spiro atoms. The molecule has 1 aliphatic rings. The summed E-state index contributed by atoms with van der Waals surface area (Å²) in [5, 5.41) is 7.23. The van der Waals surface area contributed by atoms with Crippen LogP contribution < -0.4 is 24.8 Å². The molecule has 37 heavy (non-hydrogen) atoms. The molecule has 0 saturated heterocycles. The van der Waals surface area contributed by atoms with Crippen LogP contribution in [0.1, 0.15) is 31.9 Å². The average Bonchev–Trinajstić information content (AvgIpc) is 2.86. The van der Waals surface area contributed by atoms with Gasteiger partial charge in [0.1, 0.15) is 17.2 Å². The highest BCUT2D eigenvalue weighted by Crippen LogP contribution is 2.43. The molecule has 0 saturated carbocycles. The first-order valence-electron chi connectivity index (χ1n) is 12.2. The summed E-state index contributed by atoms with van der Waals surface area (Å²) < 4.78 is 16.8. The van der Waals surface area contributed by atoms with E-state index in [1.165, 1.54) is 10.5 Å². The van der Waals surface area contributed by atoms with Gasteiger partial charge < -0.3 is 29.7 Å². The van der Waals surface area contributed by atoms with Gasteiger partial charge in [-0.15, -0.1) is 0 Å². The molecule has 0 aromatic heterocycles. The number of allylic oxidation sites excluding steroid dienone is 1. The second-order valence-corrected chi connectivity index (χ2v) is 9.87. The van der Waals surface area contributed by atoms with Crippen LogP contribution in [0.15, 0.2) is 60.7 Å². The fourth-order valence-electron chi connectivity index (χ4n) is 4.76. The molecule has 194 valence electrons. The lowest BCUT2D eigenvalue weighted by Crippen LogP contribution is -2.32. The lowest BCUT2D eigenvalue weighted by molar-refractivity contribution is 0.172. The quantitative estimate of drug-likeness (QED) is 0.378. The average molecular weight is 502 g/mol. The Hall–Kier alpha value is -4.13. The van der Waals surface area contributed by atoms with E-state index in [0.717, 1.165) is 39.4 Å². The van der Waals surface area contributed by atoms with Crippen molar-refractivity contribution >= 4 is 23.0 Å². The number of carbonyl (C=O) groups excluding carboxylic acids is 1. The molecule has 0 atom stereocenters. The molecule has 1 aliphatic heterocycles. The smallest absolute Gasteiger partial charge is 0.414 e. The summed E-state index contributed by atoms with van der Waals surface area (Å²) in [4.78, 5) is 13.5. The number of para-hydroxylation sites is 2. The SMILES string of the molecule is COc1ccccc1NCc1c(-c2ccc(OC(=O)N(C)C)cc2OC)ccc2c1C(C)=CC(C)(C)N2. The Morgan fingerprint density at radius 1 is 0.973 bits per heavy atom. The van der Waals surface area contributed by atoms with Crippen molar-refractivity contribution in [1.29, 1.82) is 0 Å². The molecule has 3 aromatic carbocycles. The van der Waals surface area contributed by atoms with Crippen LogP contribution in [0.25, 0.3) is 16.7 Å². The summed E-state index contributed by atoms with van der Waals surface area (Å²) in [5.74, 6) is 1.82. The first-order valence-corrected chi connectivity index (χ1v) is 12.2. The number of benzene rings is 3. The van der Waals surface area contributed by atoms with E-state index in [4.69, 9.17) is 14.2 Å². The zero-order chi connectivity index (χ0) is 26.7. The van der Waals surface area contributed by atoms with Crippen LogP contribution >= 0.6 is 0 Å². The van der Waals surface area contributed by atoms with Crippen LogP contribution in [-0.2, 0) is 6.54 Å². The maximum Gasteiger partial charge on any atom is 0.414 e. The second-order valence-electron chi connectivity index (χ2n) is 9.87. The summed E-state index contributed by atoms with van der Waals surface area (Å²) in [6, 6.07) is 17.6. The second kappa shape index (κ2) is 10.5. The minimum absolute atomic E-state index is 0.151. The number of ether oxygens (including phenoxy) is 3. The van der Waals surface area contributed by atoms with Gasteiger partial charge in [-0.2, -0.15) is 0 Å². The Morgan fingerprint density at radius 2 is 1.68 bits per heavy atom. The monoisotopic (exact) mass is 501 g/mol. The summed E-state index contributed by atoms with van der Waals surface area (Å²) in [5.41, 5.74) is 7.26. The summed E-state index contributed by atoms with van der Waals surface area (Å²) >= 11 is 0. The number of hydrogen-bond acceptors (Lipinski definition) is 6. The largest absolute Gasteiger partial charge is 0.496 e. The fraction of sp³-hybridized carbons (Fsp3) is 0.300. The molecule has 7 heteroatoms. The Bertz CT molecular complexity index is 1340. The van der Waals surface area contributed by atoms with Gasteiger partial charge >= 0.3 is 6.09 Å². The molecular formula is C30H35N3O4. The van der Waals surface area contributed by atoms with Gasteiger partial charge in [0.2, 0.25) is 0 Å². The van der Waals surface area contributed by atoms with Crippen molar-refractivity contribution in [2.45, 2.75) is 32.9 Å². The predicted molar refractivity (Wildman–Crippen MR) is 150 cm³/mol. The highest BCUT2D eigenvalue weighted by molar-refractivity contribution is 5.89. The van der Waals surface area contributed by atoms with Gasteiger partial charge in [-0.25, -0.2) is 4.79 Å². The number of nitrogens with one attached hydrogen (secondary N) is 2. The Balaban J connectivity index is 1.82. The van der Waals surface area contributed by atoms with E-state index in [1.54, 1.807) is 40.4 Å². The topological polar surface area (TPSA) is 72.1 Å². The van der Waals surface area contributed by atoms with Gasteiger partial charge in [0.25, 0.3) is 0 Å². The minimum atomic E-state index is -0.445. The molecule has 0 radical (unpaired) electrons. The third-order valence-corrected chi connectivity index (χ3v) is 6.34. The number of carbonyl (C=O) groups is 1. The molecule has 0 aliphatic carbocycles. The van der Waals surface area contributed by atoms with Crippen LogP contribution in [0.4, 0.5) is 16.2 Å². The first-order chi connectivity index (χ1) is 17.6. The van der Waals surface area contributed by atoms with E-state index in [0.29, 0.717) is 18.0 Å². The molecule has 2 N–H and O–H groups in total. The number of fused-ring (bicyclic) bond motifs is 1. The van der Waals surface area contributed by atoms with Crippen molar-refractivity contribution in [3.05, 3.63) is 71.8 Å². The van der Waals surface area contributed by atoms with E-state index in [9.17, 15) is 4.79 Å². The van der Waals surface area contributed by atoms with Gasteiger partial charge in [0, 0.05) is 43.5 Å². The van der Waals surface area contributed by atoms with Crippen LogP contribution in [0.5, 0.6) is 17.2 Å². The van der Waals surface area contributed by atoms with Crippen LogP contribution in [0.3, 0.4) is 0 Å². The van der Waals surface area contributed by atoms with Gasteiger partial charge in [-0.05, 0) is 67.8 Å². The number of methoxy groups -OCH3 is 2. The molecule has 3 aromatic rings. The van der Waals surface area contributed by atoms with Crippen molar-refractivity contribution in [3.63, 3.8) is 0 Å². The van der Waals surface area contributed by atoms with Crippen LogP contribution in [0, 0.1) is 0 Å². The summed E-state index contributed by atoms with van der Waals surface area (Å²) in [6.45, 7) is 7.04. The molecule has 4 rings (SSSR count). The van der Waals surface area contributed by atoms with Crippen molar-refractivity contribution < 1.29 is 19.0 Å². The fourth-order valence-corrected chi connectivity index (χ4v) is 4.76. The standard InChI is InChI=1S/C30H35N3O4/c1-19-17-30(2,3)32-25-15-14-21(22-13-12-20(16-27(22)36-7)37-29(34)33(4)5)23(28(19)25)18-31-24-10-8-9-11-26(24)35-6/h8-17,31-32H,18H2,1-7H3. The lowest BCUT2D eigenvalue weighted by Gasteiger charge is -2.33. The molecule has 0 unspecified atom stereocenters. The Kier molecular flexibility index (Phi) is 7.34. The Morgan fingerprint density at radius 3 is 2.38 bits per heavy atom. The third-order valence-electron chi connectivity index (χ3n) is 6.34. The van der Waals surface area contributed by atoms with E-state index >= 15 is 0 Å². The number of hydrogen-bond donors (Lipinski definition) is 2. The minimum Gasteiger partial charge on any atom is -0.496 e. The number of nitrogens with zero attached hydrogens (tertiary/aromatic N) is 1. The van der Waals surface area contributed by atoms with E-state index < -0.39 is 6.09 Å². The maximum atomic E-state index is 12.1. The summed E-state index contributed by atoms with van der Waals surface area (Å²) in [6.07, 6.45) is 1.81. The van der Waals surface area contributed by atoms with Crippen molar-refractivity contribution in [1.82, 2.24) is 4.90 Å². The van der Waals surface area contributed by atoms with E-state index in [2.05, 4.69) is 49.6 Å². The Labute approximate surface area is 219 Å². The lowest BCUT2D eigenvalue weighted by atomic mass is 9.85. The highest BCUT2D eigenvalue weighted by Gasteiger charge is 2.27. The first kappa shape index (κ1) is 25.9. The van der Waals surface area contributed by atoms with Crippen molar-refractivity contribution in [2.24, 2.45) is 0 Å². The van der Waals surface area contributed by atoms with Crippen molar-refractivity contribution in [3.8, 4) is 28.4 Å². The van der Waals surface area contributed by atoms with Crippen LogP contribution in [0.2, 0.25) is 0 Å². The van der Waals surface area contributed by atoms with Gasteiger partial charge in [-0.3, -0.25) is 0 Å². The summed E-state index contributed by atoms with van der Waals surface area (Å²) in [7, 11) is 6.59. The highest BCUT2D eigenvalue weighted by atomic mass is 16.6. The van der Waals surface area contributed by atoms with Crippen LogP contribution in [-0.4, -0.2) is 44.8 Å². The molecule has 0 bridgehead atoms. The van der Waals surface area contributed by atoms with Gasteiger partial charge in [0.05, 0.1) is 25.4 Å². The normalized spacial score (nSPS) is 13.5. The predicted octanol–water partition coefficient (Wildman–Crippen LogP) is 6.65. The van der Waals surface area contributed by atoms with Crippen molar-refractivity contribution in [2.75, 3.05) is 38.9 Å².